The SMILES string of the molecule is Nc1ccc(-c2coc(NC(=O)c3cccs3)n2)cc1. The number of oxazole rings is 1. The first-order valence-corrected chi connectivity index (χ1v) is 6.76. The summed E-state index contributed by atoms with van der Waals surface area (Å²) in [7, 11) is 0. The first kappa shape index (κ1) is 12.4. The highest BCUT2D eigenvalue weighted by Crippen LogP contribution is 2.22. The van der Waals surface area contributed by atoms with Crippen molar-refractivity contribution >= 4 is 28.9 Å². The zero-order valence-corrected chi connectivity index (χ0v) is 11.2. The summed E-state index contributed by atoms with van der Waals surface area (Å²) in [5.74, 6) is -0.231. The van der Waals surface area contributed by atoms with Crippen molar-refractivity contribution in [1.29, 1.82) is 0 Å². The minimum absolute atomic E-state index is 0.176. The van der Waals surface area contributed by atoms with Gasteiger partial charge in [-0.05, 0) is 23.6 Å². The van der Waals surface area contributed by atoms with Crippen LogP contribution in [0.3, 0.4) is 0 Å². The molecule has 6 heteroatoms. The Labute approximate surface area is 119 Å². The number of aromatic nitrogens is 1. The normalized spacial score (nSPS) is 10.4. The van der Waals surface area contributed by atoms with Crippen LogP contribution in [0.2, 0.25) is 0 Å². The lowest BCUT2D eigenvalue weighted by atomic mass is 10.1. The molecule has 2 aromatic heterocycles. The second-order valence-corrected chi connectivity index (χ2v) is 5.04. The predicted octanol–water partition coefficient (Wildman–Crippen LogP) is 3.24. The second-order valence-electron chi connectivity index (χ2n) is 4.09. The predicted molar refractivity (Wildman–Crippen MR) is 78.6 cm³/mol. The zero-order valence-electron chi connectivity index (χ0n) is 10.4. The number of carbonyl (C=O) groups is 1. The Balaban J connectivity index is 1.77. The molecule has 0 atom stereocenters. The molecular formula is C14H11N3O2S. The molecule has 0 aliphatic carbocycles. The summed E-state index contributed by atoms with van der Waals surface area (Å²) in [5.41, 5.74) is 7.83. The third kappa shape index (κ3) is 2.55. The fourth-order valence-corrected chi connectivity index (χ4v) is 2.30. The van der Waals surface area contributed by atoms with Crippen molar-refractivity contribution in [1.82, 2.24) is 4.98 Å². The second kappa shape index (κ2) is 5.18. The molecule has 0 saturated carbocycles. The van der Waals surface area contributed by atoms with Crippen molar-refractivity contribution in [2.24, 2.45) is 0 Å². The average Bonchev–Trinajstić information content (AvgIpc) is 3.10. The van der Waals surface area contributed by atoms with Crippen LogP contribution in [-0.2, 0) is 0 Å². The van der Waals surface area contributed by atoms with Crippen LogP contribution in [0.1, 0.15) is 9.67 Å². The molecule has 1 amide bonds. The van der Waals surface area contributed by atoms with E-state index in [1.165, 1.54) is 17.6 Å². The summed E-state index contributed by atoms with van der Waals surface area (Å²) in [6.45, 7) is 0. The van der Waals surface area contributed by atoms with E-state index in [2.05, 4.69) is 10.3 Å². The molecule has 20 heavy (non-hydrogen) atoms. The molecule has 0 spiro atoms. The molecule has 0 aliphatic rings. The maximum absolute atomic E-state index is 11.8. The van der Waals surface area contributed by atoms with Crippen LogP contribution in [0.15, 0.2) is 52.5 Å². The Bertz CT molecular complexity index is 717. The molecule has 3 rings (SSSR count). The summed E-state index contributed by atoms with van der Waals surface area (Å²) >= 11 is 1.36. The molecule has 100 valence electrons. The number of anilines is 2. The third-order valence-corrected chi connectivity index (χ3v) is 3.54. The van der Waals surface area contributed by atoms with E-state index in [0.29, 0.717) is 16.3 Å². The lowest BCUT2D eigenvalue weighted by molar-refractivity contribution is 0.102. The van der Waals surface area contributed by atoms with Crippen LogP contribution in [-0.4, -0.2) is 10.9 Å². The van der Waals surface area contributed by atoms with Crippen molar-refractivity contribution in [3.63, 3.8) is 0 Å². The molecule has 0 bridgehead atoms. The highest BCUT2D eigenvalue weighted by atomic mass is 32.1. The molecule has 3 N–H and O–H groups in total. The van der Waals surface area contributed by atoms with Crippen LogP contribution < -0.4 is 11.1 Å². The van der Waals surface area contributed by atoms with Gasteiger partial charge in [-0.2, -0.15) is 4.98 Å². The van der Waals surface area contributed by atoms with Gasteiger partial charge in [-0.15, -0.1) is 11.3 Å². The van der Waals surface area contributed by atoms with Gasteiger partial charge in [-0.1, -0.05) is 18.2 Å². The molecule has 3 aromatic rings. The van der Waals surface area contributed by atoms with Crippen LogP contribution >= 0.6 is 11.3 Å². The molecule has 2 heterocycles. The number of hydrogen-bond acceptors (Lipinski definition) is 5. The maximum Gasteiger partial charge on any atom is 0.302 e. The molecule has 0 radical (unpaired) electrons. The number of nitrogens with zero attached hydrogens (tertiary/aromatic N) is 1. The molecule has 5 nitrogen and oxygen atoms in total. The van der Waals surface area contributed by atoms with Crippen LogP contribution in [0.4, 0.5) is 11.7 Å². The monoisotopic (exact) mass is 285 g/mol. The quantitative estimate of drug-likeness (QED) is 0.724. The molecule has 0 aliphatic heterocycles. The van der Waals surface area contributed by atoms with Gasteiger partial charge in [0.2, 0.25) is 0 Å². The molecule has 0 saturated heterocycles. The van der Waals surface area contributed by atoms with Crippen LogP contribution in [0, 0.1) is 0 Å². The Kier molecular flexibility index (Phi) is 3.22. The van der Waals surface area contributed by atoms with Crippen molar-refractivity contribution in [2.75, 3.05) is 11.1 Å². The van der Waals surface area contributed by atoms with Gasteiger partial charge in [0.15, 0.2) is 0 Å². The number of carbonyl (C=O) groups excluding carboxylic acids is 1. The van der Waals surface area contributed by atoms with Gasteiger partial charge in [-0.3, -0.25) is 10.1 Å². The molecular weight excluding hydrogens is 274 g/mol. The summed E-state index contributed by atoms with van der Waals surface area (Å²) in [6, 6.07) is 11.0. The standard InChI is InChI=1S/C14H11N3O2S/c15-10-5-3-9(4-6-10)11-8-19-14(16-11)17-13(18)12-2-1-7-20-12/h1-8H,15H2,(H,16,17,18). The van der Waals surface area contributed by atoms with Gasteiger partial charge in [0.25, 0.3) is 5.91 Å². The van der Waals surface area contributed by atoms with Crippen molar-refractivity contribution < 1.29 is 9.21 Å². The van der Waals surface area contributed by atoms with Gasteiger partial charge in [0, 0.05) is 11.3 Å². The highest BCUT2D eigenvalue weighted by molar-refractivity contribution is 7.12. The lowest BCUT2D eigenvalue weighted by Crippen LogP contribution is -2.10. The van der Waals surface area contributed by atoms with Crippen LogP contribution in [0.5, 0.6) is 0 Å². The highest BCUT2D eigenvalue weighted by Gasteiger charge is 2.11. The van der Waals surface area contributed by atoms with E-state index in [1.54, 1.807) is 18.2 Å². The van der Waals surface area contributed by atoms with Crippen LogP contribution in [0.25, 0.3) is 11.3 Å². The number of benzene rings is 1. The van der Waals surface area contributed by atoms with Crippen molar-refractivity contribution in [3.05, 3.63) is 52.9 Å². The van der Waals surface area contributed by atoms with Gasteiger partial charge in [0.05, 0.1) is 4.88 Å². The molecule has 0 fully saturated rings. The number of thiophene rings is 1. The van der Waals surface area contributed by atoms with Gasteiger partial charge in [0.1, 0.15) is 12.0 Å². The van der Waals surface area contributed by atoms with Gasteiger partial charge >= 0.3 is 6.01 Å². The van der Waals surface area contributed by atoms with Crippen molar-refractivity contribution in [2.45, 2.75) is 0 Å². The lowest BCUT2D eigenvalue weighted by Gasteiger charge is -1.97. The van der Waals surface area contributed by atoms with E-state index in [9.17, 15) is 4.79 Å². The summed E-state index contributed by atoms with van der Waals surface area (Å²) < 4.78 is 5.25. The Morgan fingerprint density at radius 1 is 1.25 bits per heavy atom. The molecule has 0 unspecified atom stereocenters. The summed E-state index contributed by atoms with van der Waals surface area (Å²) in [5, 5.41) is 4.45. The van der Waals surface area contributed by atoms with E-state index >= 15 is 0 Å². The van der Waals surface area contributed by atoms with Gasteiger partial charge < -0.3 is 10.2 Å². The van der Waals surface area contributed by atoms with E-state index < -0.39 is 0 Å². The number of nitrogens with one attached hydrogen (secondary N) is 1. The number of nitrogen functional groups attached to an aromatic ring is 1. The first-order chi connectivity index (χ1) is 9.72. The largest absolute Gasteiger partial charge is 0.431 e. The third-order valence-electron chi connectivity index (χ3n) is 2.68. The minimum atomic E-state index is -0.231. The number of rotatable bonds is 3. The maximum atomic E-state index is 11.8. The Morgan fingerprint density at radius 2 is 2.05 bits per heavy atom. The molecule has 1 aromatic carbocycles. The summed E-state index contributed by atoms with van der Waals surface area (Å²) in [4.78, 5) is 16.7. The topological polar surface area (TPSA) is 81.1 Å². The average molecular weight is 285 g/mol. The van der Waals surface area contributed by atoms with Crippen molar-refractivity contribution in [3.8, 4) is 11.3 Å². The fourth-order valence-electron chi connectivity index (χ4n) is 1.68. The minimum Gasteiger partial charge on any atom is -0.431 e. The Hall–Kier alpha value is -2.60. The van der Waals surface area contributed by atoms with E-state index in [-0.39, 0.29) is 11.9 Å². The summed E-state index contributed by atoms with van der Waals surface area (Å²) in [6.07, 6.45) is 1.50. The Morgan fingerprint density at radius 3 is 2.75 bits per heavy atom. The number of hydrogen-bond donors (Lipinski definition) is 2. The number of nitrogens with two attached hydrogens (primary N) is 1. The smallest absolute Gasteiger partial charge is 0.302 e. The zero-order chi connectivity index (χ0) is 13.9. The first-order valence-electron chi connectivity index (χ1n) is 5.89. The van der Waals surface area contributed by atoms with Gasteiger partial charge in [-0.25, -0.2) is 0 Å². The van der Waals surface area contributed by atoms with E-state index in [4.69, 9.17) is 10.2 Å². The number of amides is 1. The van der Waals surface area contributed by atoms with E-state index in [0.717, 1.165) is 5.56 Å². The van der Waals surface area contributed by atoms with E-state index in [1.807, 2.05) is 23.6 Å². The fraction of sp³-hybridized carbons (Fsp3) is 0.